The van der Waals surface area contributed by atoms with Gasteiger partial charge in [0, 0.05) is 47.9 Å². The molecule has 1 amide bonds. The second-order valence-corrected chi connectivity index (χ2v) is 11.7. The molecule has 1 aromatic carbocycles. The van der Waals surface area contributed by atoms with Gasteiger partial charge in [-0.3, -0.25) is 19.7 Å². The molecule has 0 saturated carbocycles. The van der Waals surface area contributed by atoms with Gasteiger partial charge in [0.25, 0.3) is 12.3 Å². The third kappa shape index (κ3) is 6.99. The number of hydrogen-bond acceptors (Lipinski definition) is 7. The molecule has 4 heterocycles. The molecule has 1 saturated heterocycles. The van der Waals surface area contributed by atoms with E-state index >= 15 is 0 Å². The normalized spacial score (nSPS) is 15.8. The third-order valence-corrected chi connectivity index (χ3v) is 8.78. The first-order valence-electron chi connectivity index (χ1n) is 15.0. The fourth-order valence-electron chi connectivity index (χ4n) is 5.91. The predicted octanol–water partition coefficient (Wildman–Crippen LogP) is 5.88. The van der Waals surface area contributed by atoms with Crippen LogP contribution in [0.1, 0.15) is 54.7 Å². The molecule has 1 aliphatic heterocycles. The number of anilines is 1. The number of fused-ring (bicyclic) bond motifs is 1. The van der Waals surface area contributed by atoms with Crippen molar-refractivity contribution in [2.45, 2.75) is 51.4 Å². The quantitative estimate of drug-likeness (QED) is 0.220. The maximum Gasteiger partial charge on any atom is 0.254 e. The van der Waals surface area contributed by atoms with Crippen LogP contribution in [0.4, 0.5) is 19.0 Å². The molecule has 5 rings (SSSR count). The number of rotatable bonds is 11. The molecule has 0 aliphatic carbocycles. The number of alkyl halides is 2. The Morgan fingerprint density at radius 1 is 1.09 bits per heavy atom. The minimum atomic E-state index is -2.28. The average Bonchev–Trinajstić information content (AvgIpc) is 3.04. The molecular weight excluding hydrogens is 567 g/mol. The standard InChI is InChI=1S/C33H38F3N7O/c1-4-33(2,25-7-5-6-24-30(32(44)37-3)26(34)17-39-31(24)25)19-40-29-15-27(41-20-42-29)22-8-9-23(38-16-22)14-21-10-12-43(13-11-21)18-28(35)36/h5-9,15-17,20-21,28H,4,10-14,18-19H2,1-3H3,(H,37,44)(H,40,41,42)/t33-/m0/s1. The van der Waals surface area contributed by atoms with Gasteiger partial charge in [-0.25, -0.2) is 23.1 Å². The molecule has 232 valence electrons. The maximum absolute atomic E-state index is 14.6. The SMILES string of the molecule is CC[C@@](C)(CNc1cc(-c2ccc(CC3CCN(CC(F)F)CC3)nc2)ncn1)c1cccc2c(C(=O)NC)c(F)cnc12. The lowest BCUT2D eigenvalue weighted by molar-refractivity contribution is 0.0690. The van der Waals surface area contributed by atoms with E-state index in [1.165, 1.54) is 13.4 Å². The van der Waals surface area contributed by atoms with Crippen molar-refractivity contribution in [1.29, 1.82) is 0 Å². The highest BCUT2D eigenvalue weighted by Crippen LogP contribution is 2.34. The predicted molar refractivity (Wildman–Crippen MR) is 165 cm³/mol. The topological polar surface area (TPSA) is 95.9 Å². The summed E-state index contributed by atoms with van der Waals surface area (Å²) in [5.74, 6) is -0.0578. The van der Waals surface area contributed by atoms with Crippen LogP contribution >= 0.6 is 0 Å². The fraction of sp³-hybridized carbons (Fsp3) is 0.424. The van der Waals surface area contributed by atoms with Crippen molar-refractivity contribution in [2.75, 3.05) is 38.5 Å². The summed E-state index contributed by atoms with van der Waals surface area (Å²) in [5, 5.41) is 6.44. The molecular formula is C33H38F3N7O. The molecule has 0 bridgehead atoms. The van der Waals surface area contributed by atoms with Crippen LogP contribution in [0.25, 0.3) is 22.2 Å². The Kier molecular flexibility index (Phi) is 9.73. The van der Waals surface area contributed by atoms with Gasteiger partial charge in [0.15, 0.2) is 5.82 Å². The highest BCUT2D eigenvalue weighted by atomic mass is 19.3. The number of pyridine rings is 2. The van der Waals surface area contributed by atoms with Gasteiger partial charge in [0.2, 0.25) is 0 Å². The molecule has 0 spiro atoms. The highest BCUT2D eigenvalue weighted by molar-refractivity contribution is 6.06. The summed E-state index contributed by atoms with van der Waals surface area (Å²) in [5.41, 5.74) is 3.66. The number of nitrogens with one attached hydrogen (secondary N) is 2. The smallest absolute Gasteiger partial charge is 0.254 e. The number of carbonyl (C=O) groups is 1. The van der Waals surface area contributed by atoms with Crippen LogP contribution in [-0.4, -0.2) is 70.4 Å². The first-order chi connectivity index (χ1) is 21.2. The summed E-state index contributed by atoms with van der Waals surface area (Å²) in [6, 6.07) is 11.4. The van der Waals surface area contributed by atoms with Crippen LogP contribution in [0, 0.1) is 11.7 Å². The molecule has 44 heavy (non-hydrogen) atoms. The number of hydrogen-bond donors (Lipinski definition) is 2. The van der Waals surface area contributed by atoms with E-state index in [4.69, 9.17) is 0 Å². The molecule has 1 fully saturated rings. The van der Waals surface area contributed by atoms with E-state index in [0.717, 1.165) is 54.4 Å². The van der Waals surface area contributed by atoms with Crippen LogP contribution < -0.4 is 10.6 Å². The lowest BCUT2D eigenvalue weighted by Gasteiger charge is -2.31. The number of halogens is 3. The molecule has 1 aliphatic rings. The molecule has 2 N–H and O–H groups in total. The van der Waals surface area contributed by atoms with E-state index in [0.29, 0.717) is 42.3 Å². The van der Waals surface area contributed by atoms with Gasteiger partial charge < -0.3 is 10.6 Å². The Hall–Kier alpha value is -4.12. The Labute approximate surface area is 255 Å². The summed E-state index contributed by atoms with van der Waals surface area (Å²) in [7, 11) is 1.48. The molecule has 3 aromatic heterocycles. The molecule has 11 heteroatoms. The van der Waals surface area contributed by atoms with Gasteiger partial charge in [-0.15, -0.1) is 0 Å². The number of nitrogens with zero attached hydrogens (tertiary/aromatic N) is 5. The van der Waals surface area contributed by atoms with Crippen LogP contribution in [0.5, 0.6) is 0 Å². The highest BCUT2D eigenvalue weighted by Gasteiger charge is 2.29. The monoisotopic (exact) mass is 605 g/mol. The van der Waals surface area contributed by atoms with Crippen molar-refractivity contribution in [3.05, 3.63) is 77.8 Å². The van der Waals surface area contributed by atoms with Gasteiger partial charge in [-0.1, -0.05) is 32.0 Å². The van der Waals surface area contributed by atoms with E-state index in [-0.39, 0.29) is 12.1 Å². The zero-order valence-electron chi connectivity index (χ0n) is 25.3. The van der Waals surface area contributed by atoms with Gasteiger partial charge in [-0.2, -0.15) is 0 Å². The van der Waals surface area contributed by atoms with Crippen molar-refractivity contribution < 1.29 is 18.0 Å². The molecule has 0 unspecified atom stereocenters. The van der Waals surface area contributed by atoms with Gasteiger partial charge in [0.1, 0.15) is 12.1 Å². The first kappa shape index (κ1) is 31.3. The second-order valence-electron chi connectivity index (χ2n) is 11.7. The van der Waals surface area contributed by atoms with Crippen molar-refractivity contribution in [2.24, 2.45) is 5.92 Å². The zero-order chi connectivity index (χ0) is 31.3. The van der Waals surface area contributed by atoms with Gasteiger partial charge >= 0.3 is 0 Å². The minimum absolute atomic E-state index is 0.0129. The summed E-state index contributed by atoms with van der Waals surface area (Å²) in [4.78, 5) is 32.2. The summed E-state index contributed by atoms with van der Waals surface area (Å²) >= 11 is 0. The average molecular weight is 606 g/mol. The number of benzene rings is 1. The summed E-state index contributed by atoms with van der Waals surface area (Å²) < 4.78 is 39.9. The minimum Gasteiger partial charge on any atom is -0.369 e. The Bertz CT molecular complexity index is 1590. The number of aromatic nitrogens is 4. The van der Waals surface area contributed by atoms with Gasteiger partial charge in [-0.05, 0) is 62.4 Å². The van der Waals surface area contributed by atoms with E-state index in [1.807, 2.05) is 41.4 Å². The Morgan fingerprint density at radius 3 is 2.57 bits per heavy atom. The maximum atomic E-state index is 14.6. The largest absolute Gasteiger partial charge is 0.369 e. The van der Waals surface area contributed by atoms with Crippen LogP contribution in [0.2, 0.25) is 0 Å². The number of para-hydroxylation sites is 1. The summed E-state index contributed by atoms with van der Waals surface area (Å²) in [6.45, 7) is 5.96. The van der Waals surface area contributed by atoms with Crippen LogP contribution in [-0.2, 0) is 11.8 Å². The molecule has 4 aromatic rings. The van der Waals surface area contributed by atoms with Crippen molar-refractivity contribution in [3.8, 4) is 11.3 Å². The van der Waals surface area contributed by atoms with Crippen molar-refractivity contribution >= 4 is 22.6 Å². The zero-order valence-corrected chi connectivity index (χ0v) is 25.3. The van der Waals surface area contributed by atoms with Gasteiger partial charge in [0.05, 0.1) is 29.5 Å². The second kappa shape index (κ2) is 13.7. The molecule has 0 radical (unpaired) electrons. The van der Waals surface area contributed by atoms with E-state index in [2.05, 4.69) is 44.4 Å². The number of piperidine rings is 1. The third-order valence-electron chi connectivity index (χ3n) is 8.78. The Morgan fingerprint density at radius 2 is 1.89 bits per heavy atom. The van der Waals surface area contributed by atoms with Crippen LogP contribution in [0.3, 0.4) is 0 Å². The number of likely N-dealkylation sites (tertiary alicyclic amines) is 1. The molecule has 1 atom stereocenters. The van der Waals surface area contributed by atoms with Crippen LogP contribution in [0.15, 0.2) is 55.1 Å². The van der Waals surface area contributed by atoms with Crippen molar-refractivity contribution in [1.82, 2.24) is 30.2 Å². The fourth-order valence-corrected chi connectivity index (χ4v) is 5.91. The van der Waals surface area contributed by atoms with Crippen molar-refractivity contribution in [3.63, 3.8) is 0 Å². The lowest BCUT2D eigenvalue weighted by atomic mass is 9.78. The number of amides is 1. The lowest BCUT2D eigenvalue weighted by Crippen LogP contribution is -2.37. The van der Waals surface area contributed by atoms with E-state index in [1.54, 1.807) is 6.07 Å². The Balaban J connectivity index is 1.27. The summed E-state index contributed by atoms with van der Waals surface area (Å²) in [6.07, 6.45) is 5.53. The first-order valence-corrected chi connectivity index (χ1v) is 15.0. The molecule has 8 nitrogen and oxygen atoms in total. The van der Waals surface area contributed by atoms with E-state index in [9.17, 15) is 18.0 Å². The van der Waals surface area contributed by atoms with E-state index < -0.39 is 23.6 Å². The number of carbonyl (C=O) groups excluding carboxylic acids is 1.